The van der Waals surface area contributed by atoms with E-state index in [0.717, 1.165) is 6.54 Å². The fraction of sp³-hybridized carbons (Fsp3) is 0.688. The van der Waals surface area contributed by atoms with Crippen molar-refractivity contribution < 1.29 is 19.1 Å². The van der Waals surface area contributed by atoms with Crippen LogP contribution in [0.1, 0.15) is 13.2 Å². The van der Waals surface area contributed by atoms with Crippen LogP contribution in [0.4, 0.5) is 5.95 Å². The van der Waals surface area contributed by atoms with Gasteiger partial charge in [-0.05, 0) is 21.0 Å². The minimum absolute atomic E-state index is 0.0200. The van der Waals surface area contributed by atoms with Gasteiger partial charge in [0, 0.05) is 12.5 Å². The molecule has 0 radical (unpaired) electrons. The number of aliphatic hydroxyl groups excluding tert-OH is 1. The van der Waals surface area contributed by atoms with Crippen LogP contribution in [0.3, 0.4) is 0 Å². The summed E-state index contributed by atoms with van der Waals surface area (Å²) in [5.41, 5.74) is 6.09. The molecule has 1 fully saturated rings. The zero-order valence-electron chi connectivity index (χ0n) is 15.5. The summed E-state index contributed by atoms with van der Waals surface area (Å²) in [6, 6.07) is 0. The van der Waals surface area contributed by atoms with Crippen LogP contribution in [-0.2, 0) is 16.5 Å². The first kappa shape index (κ1) is 18.8. The number of aryl methyl sites for hydroxylation is 1. The van der Waals surface area contributed by atoms with E-state index < -0.39 is 12.3 Å². The van der Waals surface area contributed by atoms with Gasteiger partial charge in [-0.15, -0.1) is 0 Å². The Morgan fingerprint density at radius 2 is 2.27 bits per heavy atom. The lowest BCUT2D eigenvalue weighted by Crippen LogP contribution is -2.32. The van der Waals surface area contributed by atoms with E-state index in [1.165, 1.54) is 0 Å². The Labute approximate surface area is 151 Å². The maximum Gasteiger partial charge on any atom is 0.304 e. The molecule has 26 heavy (non-hydrogen) atoms. The van der Waals surface area contributed by atoms with Gasteiger partial charge in [0.15, 0.2) is 0 Å². The third-order valence-corrected chi connectivity index (χ3v) is 4.74. The molecule has 2 aromatic rings. The average Bonchev–Trinajstić information content (AvgIpc) is 3.01. The molecular formula is C16H27N6O4+. The second-order valence-electron chi connectivity index (χ2n) is 7.02. The van der Waals surface area contributed by atoms with E-state index in [1.54, 1.807) is 22.5 Å². The summed E-state index contributed by atoms with van der Waals surface area (Å²) < 4.78 is 15.0. The molecule has 1 aliphatic rings. The molecule has 1 unspecified atom stereocenters. The van der Waals surface area contributed by atoms with E-state index >= 15 is 0 Å². The number of H-pyrrole nitrogens is 1. The first-order chi connectivity index (χ1) is 12.3. The Morgan fingerprint density at radius 1 is 1.54 bits per heavy atom. The summed E-state index contributed by atoms with van der Waals surface area (Å²) in [4.78, 5) is 20.9. The van der Waals surface area contributed by atoms with E-state index in [4.69, 9.17) is 15.2 Å². The molecule has 4 N–H and O–H groups in total. The summed E-state index contributed by atoms with van der Waals surface area (Å²) in [5, 5.41) is 10.8. The van der Waals surface area contributed by atoms with E-state index in [9.17, 15) is 9.90 Å². The van der Waals surface area contributed by atoms with Crippen molar-refractivity contribution >= 4 is 17.1 Å². The number of imidazole rings is 1. The molecule has 3 heterocycles. The van der Waals surface area contributed by atoms with Crippen molar-refractivity contribution in [2.45, 2.75) is 25.4 Å². The number of nitrogens with two attached hydrogens (primary N) is 1. The number of rotatable bonds is 6. The highest BCUT2D eigenvalue weighted by molar-refractivity contribution is 5.66. The highest BCUT2D eigenvalue weighted by Crippen LogP contribution is 2.35. The Hall–Kier alpha value is -2.01. The monoisotopic (exact) mass is 367 g/mol. The lowest BCUT2D eigenvalue weighted by Gasteiger charge is -2.18. The van der Waals surface area contributed by atoms with Gasteiger partial charge in [0.25, 0.3) is 11.2 Å². The topological polar surface area (TPSA) is 123 Å². The van der Waals surface area contributed by atoms with Crippen molar-refractivity contribution in [2.24, 2.45) is 13.0 Å². The molecule has 0 amide bonds. The molecule has 0 aromatic carbocycles. The number of aliphatic hydroxyl groups is 1. The van der Waals surface area contributed by atoms with Gasteiger partial charge in [-0.3, -0.25) is 9.78 Å². The largest absolute Gasteiger partial charge is 0.386 e. The van der Waals surface area contributed by atoms with Crippen LogP contribution >= 0.6 is 0 Å². The zero-order valence-corrected chi connectivity index (χ0v) is 15.5. The first-order valence-corrected chi connectivity index (χ1v) is 8.61. The quantitative estimate of drug-likeness (QED) is 0.424. The smallest absolute Gasteiger partial charge is 0.304 e. The number of anilines is 1. The van der Waals surface area contributed by atoms with Crippen LogP contribution in [0, 0.1) is 5.92 Å². The van der Waals surface area contributed by atoms with Crippen molar-refractivity contribution in [1.82, 2.24) is 19.4 Å². The third-order valence-electron chi connectivity index (χ3n) is 4.74. The molecule has 0 aliphatic carbocycles. The number of likely N-dealkylation sites (N-methyl/N-ethyl adjacent to an activating group) is 1. The fourth-order valence-electron chi connectivity index (χ4n) is 3.28. The maximum atomic E-state index is 12.2. The number of ether oxygens (including phenoxy) is 2. The van der Waals surface area contributed by atoms with Crippen LogP contribution in [0.25, 0.3) is 11.2 Å². The number of aromatic amines is 1. The van der Waals surface area contributed by atoms with Gasteiger partial charge in [-0.1, -0.05) is 0 Å². The van der Waals surface area contributed by atoms with Gasteiger partial charge in [0.05, 0.1) is 26.4 Å². The number of hydrogen-bond acceptors (Lipinski definition) is 7. The van der Waals surface area contributed by atoms with Crippen LogP contribution in [0.15, 0.2) is 11.1 Å². The fourth-order valence-corrected chi connectivity index (χ4v) is 3.28. The summed E-state index contributed by atoms with van der Waals surface area (Å²) >= 11 is 0. The number of fused-ring (bicyclic) bond motifs is 1. The molecule has 10 nitrogen and oxygen atoms in total. The van der Waals surface area contributed by atoms with Crippen molar-refractivity contribution in [2.75, 3.05) is 39.6 Å². The third kappa shape index (κ3) is 3.45. The van der Waals surface area contributed by atoms with Crippen molar-refractivity contribution in [3.63, 3.8) is 0 Å². The van der Waals surface area contributed by atoms with Gasteiger partial charge >= 0.3 is 5.56 Å². The van der Waals surface area contributed by atoms with E-state index in [2.05, 4.69) is 9.97 Å². The number of aromatic nitrogens is 4. The van der Waals surface area contributed by atoms with Crippen LogP contribution in [0.2, 0.25) is 0 Å². The molecule has 10 heteroatoms. The molecule has 4 atom stereocenters. The molecule has 144 valence electrons. The summed E-state index contributed by atoms with van der Waals surface area (Å²) in [6.07, 6.45) is 0.0333. The average molecular weight is 367 g/mol. The molecule has 0 bridgehead atoms. The normalized spacial score (nSPS) is 26.2. The minimum Gasteiger partial charge on any atom is -0.386 e. The predicted molar refractivity (Wildman–Crippen MR) is 94.4 cm³/mol. The van der Waals surface area contributed by atoms with Gasteiger partial charge < -0.3 is 25.2 Å². The molecule has 1 saturated heterocycles. The van der Waals surface area contributed by atoms with Gasteiger partial charge in [-0.2, -0.15) is 9.55 Å². The van der Waals surface area contributed by atoms with Gasteiger partial charge in [0.1, 0.15) is 6.10 Å². The Morgan fingerprint density at radius 3 is 2.96 bits per heavy atom. The molecule has 3 rings (SSSR count). The van der Waals surface area contributed by atoms with E-state index in [-0.39, 0.29) is 23.5 Å². The van der Waals surface area contributed by atoms with E-state index in [0.29, 0.717) is 24.4 Å². The van der Waals surface area contributed by atoms with Gasteiger partial charge in [0.2, 0.25) is 18.5 Å². The van der Waals surface area contributed by atoms with Crippen LogP contribution in [0.5, 0.6) is 0 Å². The standard InChI is InChI=1S/C16H26N6O4/c1-9-10(7-25-6-5-20(2)3)12(23)15(26-9)22-8-21(4)11-13(22)18-16(17)19-14(11)24/h8-10,12,15,23H,5-7H2,1-4H3,(H2-,17,18,19,24)/p+1/t9-,10-,12-,15?/m1/s1. The molecule has 1 aliphatic heterocycles. The highest BCUT2D eigenvalue weighted by atomic mass is 16.5. The summed E-state index contributed by atoms with van der Waals surface area (Å²) in [7, 11) is 5.69. The highest BCUT2D eigenvalue weighted by Gasteiger charge is 2.46. The van der Waals surface area contributed by atoms with E-state index in [1.807, 2.05) is 25.9 Å². The second-order valence-corrected chi connectivity index (χ2v) is 7.02. The number of hydrogen-bond donors (Lipinski definition) is 3. The molecule has 0 spiro atoms. The van der Waals surface area contributed by atoms with Gasteiger partial charge in [-0.25, -0.2) is 4.57 Å². The lowest BCUT2D eigenvalue weighted by molar-refractivity contribution is -0.646. The van der Waals surface area contributed by atoms with Crippen molar-refractivity contribution in [3.05, 3.63) is 16.7 Å². The molecule has 0 saturated carbocycles. The first-order valence-electron chi connectivity index (χ1n) is 8.61. The van der Waals surface area contributed by atoms with Crippen LogP contribution < -0.4 is 15.9 Å². The Bertz CT molecular complexity index is 832. The molecular weight excluding hydrogens is 340 g/mol. The summed E-state index contributed by atoms with van der Waals surface area (Å²) in [6.45, 7) is 3.70. The van der Waals surface area contributed by atoms with Crippen molar-refractivity contribution in [3.8, 4) is 0 Å². The Kier molecular flexibility index (Phi) is 5.28. The predicted octanol–water partition coefficient (Wildman–Crippen LogP) is -1.40. The molecule has 2 aromatic heterocycles. The minimum atomic E-state index is -0.790. The number of nitrogens with one attached hydrogen (secondary N) is 1. The number of nitrogen functional groups attached to an aromatic ring is 1. The Balaban J connectivity index is 1.82. The number of nitrogens with zero attached hydrogens (tertiary/aromatic N) is 4. The maximum absolute atomic E-state index is 12.2. The van der Waals surface area contributed by atoms with Crippen molar-refractivity contribution in [1.29, 1.82) is 0 Å². The zero-order chi connectivity index (χ0) is 19.0. The summed E-state index contributed by atoms with van der Waals surface area (Å²) in [5.74, 6) is -0.157. The lowest BCUT2D eigenvalue weighted by atomic mass is 10.00. The SMILES string of the molecule is C[C@H]1OC(n2c[n+](C)c3c(=O)[nH]c(N)nc32)[C@H](O)[C@@H]1COCCN(C)C. The second kappa shape index (κ2) is 7.31. The van der Waals surface area contributed by atoms with Crippen LogP contribution in [-0.4, -0.2) is 70.6 Å².